The molecule has 0 radical (unpaired) electrons. The second kappa shape index (κ2) is 9.78. The first-order valence-electron chi connectivity index (χ1n) is 8.99. The molecule has 1 aliphatic rings. The van der Waals surface area contributed by atoms with Crippen molar-refractivity contribution in [2.75, 3.05) is 39.1 Å². The van der Waals surface area contributed by atoms with Gasteiger partial charge in [-0.3, -0.25) is 4.79 Å². The van der Waals surface area contributed by atoms with Gasteiger partial charge in [0.1, 0.15) is 6.61 Å². The van der Waals surface area contributed by atoms with Crippen LogP contribution in [-0.4, -0.2) is 57.7 Å². The van der Waals surface area contributed by atoms with Gasteiger partial charge in [0.05, 0.1) is 25.3 Å². The smallest absolute Gasteiger partial charge is 0.224 e. The van der Waals surface area contributed by atoms with E-state index in [1.807, 2.05) is 19.1 Å². The molecule has 0 bridgehead atoms. The summed E-state index contributed by atoms with van der Waals surface area (Å²) >= 11 is 0. The Bertz CT molecular complexity index is 693. The number of carbonyl (C=O) groups is 1. The Balaban J connectivity index is 1.79. The van der Waals surface area contributed by atoms with Crippen LogP contribution in [0.2, 0.25) is 0 Å². The van der Waals surface area contributed by atoms with Crippen molar-refractivity contribution in [1.82, 2.24) is 9.62 Å². The monoisotopic (exact) mass is 384 g/mol. The molecule has 0 aliphatic carbocycles. The van der Waals surface area contributed by atoms with Crippen molar-refractivity contribution < 1.29 is 22.7 Å². The summed E-state index contributed by atoms with van der Waals surface area (Å²) in [5.41, 5.74) is 0. The summed E-state index contributed by atoms with van der Waals surface area (Å²) < 4.78 is 36.7. The van der Waals surface area contributed by atoms with E-state index in [4.69, 9.17) is 9.47 Å². The van der Waals surface area contributed by atoms with Crippen LogP contribution in [-0.2, 0) is 14.8 Å². The highest BCUT2D eigenvalue weighted by molar-refractivity contribution is 7.89. The minimum Gasteiger partial charge on any atom is -0.493 e. The van der Waals surface area contributed by atoms with Crippen LogP contribution in [0.5, 0.6) is 11.5 Å². The van der Waals surface area contributed by atoms with Crippen LogP contribution < -0.4 is 14.8 Å². The highest BCUT2D eigenvalue weighted by Gasteiger charge is 2.31. The molecule has 1 unspecified atom stereocenters. The first-order valence-corrected chi connectivity index (χ1v) is 10.6. The molecule has 1 aromatic carbocycles. The Labute approximate surface area is 155 Å². The highest BCUT2D eigenvalue weighted by Crippen LogP contribution is 2.25. The average molecular weight is 384 g/mol. The fraction of sp³-hybridized carbons (Fsp3) is 0.611. The number of ether oxygens (including phenoxy) is 2. The van der Waals surface area contributed by atoms with E-state index in [-0.39, 0.29) is 24.1 Å². The maximum absolute atomic E-state index is 12.4. The van der Waals surface area contributed by atoms with Gasteiger partial charge in [-0.05, 0) is 31.4 Å². The third-order valence-corrected chi connectivity index (χ3v) is 6.38. The van der Waals surface area contributed by atoms with Crippen molar-refractivity contribution in [3.05, 3.63) is 24.3 Å². The quantitative estimate of drug-likeness (QED) is 0.654. The molecule has 1 atom stereocenters. The van der Waals surface area contributed by atoms with Crippen LogP contribution in [0.25, 0.3) is 0 Å². The Morgan fingerprint density at radius 1 is 1.31 bits per heavy atom. The second-order valence-electron chi connectivity index (χ2n) is 6.30. The summed E-state index contributed by atoms with van der Waals surface area (Å²) in [7, 11) is -1.68. The van der Waals surface area contributed by atoms with Crippen molar-refractivity contribution in [1.29, 1.82) is 0 Å². The molecule has 26 heavy (non-hydrogen) atoms. The van der Waals surface area contributed by atoms with Crippen LogP contribution in [0.3, 0.4) is 0 Å². The van der Waals surface area contributed by atoms with Crippen LogP contribution in [0.15, 0.2) is 24.3 Å². The molecule has 146 valence electrons. The highest BCUT2D eigenvalue weighted by atomic mass is 32.2. The predicted molar refractivity (Wildman–Crippen MR) is 99.9 cm³/mol. The topological polar surface area (TPSA) is 84.9 Å². The summed E-state index contributed by atoms with van der Waals surface area (Å²) in [5, 5.41) is 2.84. The summed E-state index contributed by atoms with van der Waals surface area (Å²) in [6.07, 6.45) is 1.99. The zero-order valence-electron chi connectivity index (χ0n) is 15.4. The number of hydrogen-bond donors (Lipinski definition) is 1. The lowest BCUT2D eigenvalue weighted by atomic mass is 9.99. The van der Waals surface area contributed by atoms with Crippen molar-refractivity contribution in [2.45, 2.75) is 26.2 Å². The van der Waals surface area contributed by atoms with Gasteiger partial charge >= 0.3 is 0 Å². The van der Waals surface area contributed by atoms with Crippen molar-refractivity contribution in [3.63, 3.8) is 0 Å². The lowest BCUT2D eigenvalue weighted by Gasteiger charge is -2.31. The molecule has 2 rings (SSSR count). The van der Waals surface area contributed by atoms with Gasteiger partial charge in [0.25, 0.3) is 0 Å². The van der Waals surface area contributed by atoms with Crippen LogP contribution >= 0.6 is 0 Å². The van der Waals surface area contributed by atoms with E-state index < -0.39 is 10.0 Å². The average Bonchev–Trinajstić information content (AvgIpc) is 2.65. The SMILES string of the molecule is CCCS(=O)(=O)N1CCCC(C(=O)NCCOc2ccccc2OC)C1. The number of nitrogens with one attached hydrogen (secondary N) is 1. The number of amides is 1. The molecule has 1 fully saturated rings. The number of sulfonamides is 1. The minimum absolute atomic E-state index is 0.120. The third kappa shape index (κ3) is 5.60. The summed E-state index contributed by atoms with van der Waals surface area (Å²) in [6, 6.07) is 7.32. The Morgan fingerprint density at radius 2 is 2.04 bits per heavy atom. The van der Waals surface area contributed by atoms with Gasteiger partial charge in [-0.2, -0.15) is 0 Å². The number of nitrogens with zero attached hydrogens (tertiary/aromatic N) is 1. The molecule has 1 aromatic rings. The van der Waals surface area contributed by atoms with Crippen LogP contribution in [0.4, 0.5) is 0 Å². The number of para-hydroxylation sites is 2. The number of carbonyl (C=O) groups excluding carboxylic acids is 1. The number of methoxy groups -OCH3 is 1. The minimum atomic E-state index is -3.25. The van der Waals surface area contributed by atoms with Gasteiger partial charge in [0.15, 0.2) is 11.5 Å². The van der Waals surface area contributed by atoms with Crippen LogP contribution in [0, 0.1) is 5.92 Å². The Kier molecular flexibility index (Phi) is 7.71. The number of rotatable bonds is 9. The van der Waals surface area contributed by atoms with E-state index in [1.54, 1.807) is 19.2 Å². The molecule has 0 spiro atoms. The van der Waals surface area contributed by atoms with Crippen molar-refractivity contribution >= 4 is 15.9 Å². The first kappa shape index (κ1) is 20.5. The fourth-order valence-corrected chi connectivity index (χ4v) is 4.60. The zero-order valence-corrected chi connectivity index (χ0v) is 16.3. The third-order valence-electron chi connectivity index (χ3n) is 4.34. The molecule has 1 N–H and O–H groups in total. The molecule has 1 aliphatic heterocycles. The maximum atomic E-state index is 12.4. The van der Waals surface area contributed by atoms with Gasteiger partial charge in [0.2, 0.25) is 15.9 Å². The van der Waals surface area contributed by atoms with Crippen molar-refractivity contribution in [3.8, 4) is 11.5 Å². The first-order chi connectivity index (χ1) is 12.5. The largest absolute Gasteiger partial charge is 0.493 e. The molecular formula is C18H28N2O5S. The second-order valence-corrected chi connectivity index (χ2v) is 8.39. The molecule has 8 heteroatoms. The van der Waals surface area contributed by atoms with Gasteiger partial charge in [-0.1, -0.05) is 19.1 Å². The van der Waals surface area contributed by atoms with Gasteiger partial charge in [0, 0.05) is 13.1 Å². The molecule has 1 amide bonds. The van der Waals surface area contributed by atoms with Gasteiger partial charge in [-0.25, -0.2) is 12.7 Å². The number of hydrogen-bond acceptors (Lipinski definition) is 5. The molecule has 0 aromatic heterocycles. The molecule has 7 nitrogen and oxygen atoms in total. The number of benzene rings is 1. The summed E-state index contributed by atoms with van der Waals surface area (Å²) in [6.45, 7) is 3.28. The van der Waals surface area contributed by atoms with E-state index >= 15 is 0 Å². The van der Waals surface area contributed by atoms with Crippen LogP contribution in [0.1, 0.15) is 26.2 Å². The molecular weight excluding hydrogens is 356 g/mol. The Hall–Kier alpha value is -1.80. The lowest BCUT2D eigenvalue weighted by Crippen LogP contribution is -2.46. The van der Waals surface area contributed by atoms with Crippen molar-refractivity contribution in [2.24, 2.45) is 5.92 Å². The van der Waals surface area contributed by atoms with E-state index in [0.717, 1.165) is 0 Å². The van der Waals surface area contributed by atoms with E-state index in [9.17, 15) is 13.2 Å². The van der Waals surface area contributed by atoms with E-state index in [0.29, 0.717) is 50.5 Å². The maximum Gasteiger partial charge on any atom is 0.224 e. The lowest BCUT2D eigenvalue weighted by molar-refractivity contribution is -0.126. The molecule has 0 saturated carbocycles. The van der Waals surface area contributed by atoms with E-state index in [2.05, 4.69) is 5.32 Å². The molecule has 1 saturated heterocycles. The van der Waals surface area contributed by atoms with Gasteiger partial charge < -0.3 is 14.8 Å². The predicted octanol–water partition coefficient (Wildman–Crippen LogP) is 1.64. The van der Waals surface area contributed by atoms with E-state index in [1.165, 1.54) is 4.31 Å². The Morgan fingerprint density at radius 3 is 2.73 bits per heavy atom. The standard InChI is InChI=1S/C18H28N2O5S/c1-3-13-26(22,23)20-11-6-7-15(14-20)18(21)19-10-12-25-17-9-5-4-8-16(17)24-2/h4-5,8-9,15H,3,6-7,10-14H2,1-2H3,(H,19,21). The normalized spacial score (nSPS) is 18.3. The fourth-order valence-electron chi connectivity index (χ4n) is 3.01. The zero-order chi connectivity index (χ0) is 19.0. The van der Waals surface area contributed by atoms with Gasteiger partial charge in [-0.15, -0.1) is 0 Å². The summed E-state index contributed by atoms with van der Waals surface area (Å²) in [4.78, 5) is 12.4. The molecule has 1 heterocycles. The number of piperidine rings is 1. The summed E-state index contributed by atoms with van der Waals surface area (Å²) in [5.74, 6) is 0.974.